The fourth-order valence-corrected chi connectivity index (χ4v) is 2.06. The lowest BCUT2D eigenvalue weighted by molar-refractivity contribution is 0.0689. The number of carbonyl (C=O) groups is 1. The lowest BCUT2D eigenvalue weighted by atomic mass is 10.1. The Labute approximate surface area is 117 Å². The van der Waals surface area contributed by atoms with Gasteiger partial charge < -0.3 is 10.8 Å². The van der Waals surface area contributed by atoms with E-state index in [2.05, 4.69) is 29.4 Å². The van der Waals surface area contributed by atoms with E-state index in [0.717, 1.165) is 12.0 Å². The van der Waals surface area contributed by atoms with Gasteiger partial charge in [0.2, 0.25) is 0 Å². The molecule has 6 nitrogen and oxygen atoms in total. The maximum absolute atomic E-state index is 11.1. The molecule has 0 fully saturated rings. The van der Waals surface area contributed by atoms with Crippen molar-refractivity contribution in [3.05, 3.63) is 46.8 Å². The van der Waals surface area contributed by atoms with Gasteiger partial charge in [0.1, 0.15) is 0 Å². The molecule has 0 amide bonds. The number of nitrogens with two attached hydrogens (primary N) is 1. The minimum Gasteiger partial charge on any atom is -0.476 e. The van der Waals surface area contributed by atoms with Crippen LogP contribution in [0, 0.1) is 0 Å². The van der Waals surface area contributed by atoms with Crippen LogP contribution in [0.4, 0.5) is 0 Å². The number of carboxylic acid groups (broad SMARTS) is 1. The standard InChI is InChI=1S/C14H18N4O2/c1-2-10-3-5-11(6-4-10)9-18-12(7-8-15)13(14(19)20)16-17-18/h3-6H,2,7-9,15H2,1H3,(H,19,20). The van der Waals surface area contributed by atoms with Gasteiger partial charge in [-0.05, 0) is 24.1 Å². The zero-order valence-corrected chi connectivity index (χ0v) is 11.4. The second kappa shape index (κ2) is 6.29. The summed E-state index contributed by atoms with van der Waals surface area (Å²) in [4.78, 5) is 11.1. The van der Waals surface area contributed by atoms with Crippen LogP contribution in [0.25, 0.3) is 0 Å². The number of aromatic carboxylic acids is 1. The quantitative estimate of drug-likeness (QED) is 0.822. The second-order valence-corrected chi connectivity index (χ2v) is 4.56. The van der Waals surface area contributed by atoms with Crippen LogP contribution in [0.2, 0.25) is 0 Å². The molecule has 2 rings (SSSR count). The number of aryl methyl sites for hydroxylation is 1. The van der Waals surface area contributed by atoms with Gasteiger partial charge in [-0.1, -0.05) is 36.4 Å². The Kier molecular flexibility index (Phi) is 4.47. The first-order valence-corrected chi connectivity index (χ1v) is 6.59. The third-order valence-electron chi connectivity index (χ3n) is 3.18. The molecule has 6 heteroatoms. The number of aromatic nitrogens is 3. The van der Waals surface area contributed by atoms with Gasteiger partial charge in [-0.15, -0.1) is 5.10 Å². The summed E-state index contributed by atoms with van der Waals surface area (Å²) in [6.07, 6.45) is 1.44. The summed E-state index contributed by atoms with van der Waals surface area (Å²) in [6, 6.07) is 8.17. The molecule has 0 saturated carbocycles. The first-order valence-electron chi connectivity index (χ1n) is 6.59. The topological polar surface area (TPSA) is 94.0 Å². The van der Waals surface area contributed by atoms with Gasteiger partial charge in [0, 0.05) is 6.42 Å². The molecule has 0 atom stereocenters. The smallest absolute Gasteiger partial charge is 0.358 e. The highest BCUT2D eigenvalue weighted by Gasteiger charge is 2.18. The molecule has 0 unspecified atom stereocenters. The molecule has 106 valence electrons. The van der Waals surface area contributed by atoms with Crippen molar-refractivity contribution in [3.8, 4) is 0 Å². The highest BCUT2D eigenvalue weighted by Crippen LogP contribution is 2.11. The lowest BCUT2D eigenvalue weighted by Crippen LogP contribution is -2.14. The predicted molar refractivity (Wildman–Crippen MR) is 74.7 cm³/mol. The Balaban J connectivity index is 2.25. The molecule has 0 saturated heterocycles. The number of carboxylic acids is 1. The zero-order valence-electron chi connectivity index (χ0n) is 11.4. The van der Waals surface area contributed by atoms with Crippen LogP contribution in [0.1, 0.15) is 34.2 Å². The molecule has 1 aromatic carbocycles. The number of nitrogens with zero attached hydrogens (tertiary/aromatic N) is 3. The number of rotatable bonds is 6. The van der Waals surface area contributed by atoms with Gasteiger partial charge in [0.15, 0.2) is 5.69 Å². The van der Waals surface area contributed by atoms with Crippen molar-refractivity contribution >= 4 is 5.97 Å². The average Bonchev–Trinajstić information content (AvgIpc) is 2.83. The van der Waals surface area contributed by atoms with Crippen molar-refractivity contribution < 1.29 is 9.90 Å². The third-order valence-corrected chi connectivity index (χ3v) is 3.18. The number of benzene rings is 1. The van der Waals surface area contributed by atoms with Crippen molar-refractivity contribution in [2.24, 2.45) is 5.73 Å². The van der Waals surface area contributed by atoms with Crippen LogP contribution >= 0.6 is 0 Å². The van der Waals surface area contributed by atoms with Crippen LogP contribution in [-0.4, -0.2) is 32.6 Å². The molecule has 0 aliphatic heterocycles. The molecule has 0 aliphatic rings. The molecule has 0 spiro atoms. The SMILES string of the molecule is CCc1ccc(Cn2nnc(C(=O)O)c2CCN)cc1. The van der Waals surface area contributed by atoms with Gasteiger partial charge in [-0.3, -0.25) is 0 Å². The van der Waals surface area contributed by atoms with E-state index in [0.29, 0.717) is 25.2 Å². The van der Waals surface area contributed by atoms with E-state index < -0.39 is 5.97 Å². The van der Waals surface area contributed by atoms with Crippen molar-refractivity contribution in [1.82, 2.24) is 15.0 Å². The van der Waals surface area contributed by atoms with E-state index in [-0.39, 0.29) is 5.69 Å². The van der Waals surface area contributed by atoms with Crippen molar-refractivity contribution in [3.63, 3.8) is 0 Å². The number of hydrogen-bond acceptors (Lipinski definition) is 4. The molecular weight excluding hydrogens is 256 g/mol. The maximum atomic E-state index is 11.1. The van der Waals surface area contributed by atoms with E-state index in [9.17, 15) is 4.79 Å². The van der Waals surface area contributed by atoms with E-state index in [1.807, 2.05) is 12.1 Å². The summed E-state index contributed by atoms with van der Waals surface area (Å²) < 4.78 is 1.61. The molecule has 2 aromatic rings. The zero-order chi connectivity index (χ0) is 14.5. The Hall–Kier alpha value is -2.21. The molecule has 0 radical (unpaired) electrons. The summed E-state index contributed by atoms with van der Waals surface area (Å²) in [5, 5.41) is 16.7. The lowest BCUT2D eigenvalue weighted by Gasteiger charge is -2.07. The van der Waals surface area contributed by atoms with E-state index in [1.54, 1.807) is 4.68 Å². The van der Waals surface area contributed by atoms with Gasteiger partial charge in [0.25, 0.3) is 0 Å². The molecule has 1 aromatic heterocycles. The predicted octanol–water partition coefficient (Wildman–Crippen LogP) is 1.09. The summed E-state index contributed by atoms with van der Waals surface area (Å²) >= 11 is 0. The minimum absolute atomic E-state index is 0.0133. The summed E-state index contributed by atoms with van der Waals surface area (Å²) in [5.74, 6) is -1.07. The summed E-state index contributed by atoms with van der Waals surface area (Å²) in [6.45, 7) is 2.97. The molecular formula is C14H18N4O2. The summed E-state index contributed by atoms with van der Waals surface area (Å²) in [7, 11) is 0. The Bertz CT molecular complexity index is 590. The van der Waals surface area contributed by atoms with Gasteiger partial charge in [0.05, 0.1) is 12.2 Å². The first-order chi connectivity index (χ1) is 9.65. The monoisotopic (exact) mass is 274 g/mol. The normalized spacial score (nSPS) is 10.7. The molecule has 0 bridgehead atoms. The van der Waals surface area contributed by atoms with E-state index in [1.165, 1.54) is 5.56 Å². The van der Waals surface area contributed by atoms with Crippen molar-refractivity contribution in [2.45, 2.75) is 26.3 Å². The number of hydrogen-bond donors (Lipinski definition) is 2. The molecule has 20 heavy (non-hydrogen) atoms. The highest BCUT2D eigenvalue weighted by molar-refractivity contribution is 5.86. The first kappa shape index (κ1) is 14.2. The van der Waals surface area contributed by atoms with Gasteiger partial charge in [-0.2, -0.15) is 0 Å². The third kappa shape index (κ3) is 3.03. The fraction of sp³-hybridized carbons (Fsp3) is 0.357. The van der Waals surface area contributed by atoms with Gasteiger partial charge >= 0.3 is 5.97 Å². The molecule has 0 aliphatic carbocycles. The largest absolute Gasteiger partial charge is 0.476 e. The Morgan fingerprint density at radius 2 is 1.95 bits per heavy atom. The molecule has 1 heterocycles. The average molecular weight is 274 g/mol. The van der Waals surface area contributed by atoms with Crippen molar-refractivity contribution in [1.29, 1.82) is 0 Å². The van der Waals surface area contributed by atoms with Gasteiger partial charge in [-0.25, -0.2) is 9.48 Å². The second-order valence-electron chi connectivity index (χ2n) is 4.56. The minimum atomic E-state index is -1.07. The highest BCUT2D eigenvalue weighted by atomic mass is 16.4. The van der Waals surface area contributed by atoms with Crippen LogP contribution in [0.5, 0.6) is 0 Å². The van der Waals surface area contributed by atoms with E-state index in [4.69, 9.17) is 10.8 Å². The Morgan fingerprint density at radius 1 is 1.30 bits per heavy atom. The fourth-order valence-electron chi connectivity index (χ4n) is 2.06. The van der Waals surface area contributed by atoms with E-state index >= 15 is 0 Å². The van der Waals surface area contributed by atoms with Crippen LogP contribution in [0.15, 0.2) is 24.3 Å². The van der Waals surface area contributed by atoms with Crippen molar-refractivity contribution in [2.75, 3.05) is 6.54 Å². The maximum Gasteiger partial charge on any atom is 0.358 e. The van der Waals surface area contributed by atoms with Crippen LogP contribution in [-0.2, 0) is 19.4 Å². The van der Waals surface area contributed by atoms with Crippen LogP contribution < -0.4 is 5.73 Å². The molecule has 3 N–H and O–H groups in total. The van der Waals surface area contributed by atoms with Crippen LogP contribution in [0.3, 0.4) is 0 Å². The summed E-state index contributed by atoms with van der Waals surface area (Å²) in [5.41, 5.74) is 8.41. The Morgan fingerprint density at radius 3 is 2.50 bits per heavy atom.